The monoisotopic (exact) mass is 366 g/mol. The molecule has 3 rings (SSSR count). The van der Waals surface area contributed by atoms with Crippen molar-refractivity contribution in [3.05, 3.63) is 59.7 Å². The van der Waals surface area contributed by atoms with Gasteiger partial charge in [-0.15, -0.1) is 11.3 Å². The Bertz CT molecular complexity index is 663. The minimum atomic E-state index is -0.364. The second kappa shape index (κ2) is 6.25. The molecule has 0 fully saturated rings. The minimum absolute atomic E-state index is 0.115. The summed E-state index contributed by atoms with van der Waals surface area (Å²) in [5, 5.41) is 14.3. The third-order valence-electron chi connectivity index (χ3n) is 3.63. The van der Waals surface area contributed by atoms with E-state index in [0.29, 0.717) is 11.0 Å². The largest absolute Gasteiger partial charge is 0.308 e. The molecule has 1 aromatic heterocycles. The van der Waals surface area contributed by atoms with Crippen LogP contribution in [0.15, 0.2) is 28.7 Å². The zero-order chi connectivity index (χ0) is 14.8. The molecule has 1 aliphatic rings. The Balaban J connectivity index is 1.60. The maximum Gasteiger partial charge on any atom is 0.283 e. The molecule has 0 amide bonds. The summed E-state index contributed by atoms with van der Waals surface area (Å²) in [6.07, 6.45) is 3.72. The molecule has 2 aromatic rings. The summed E-state index contributed by atoms with van der Waals surface area (Å²) < 4.78 is 0.519. The first kappa shape index (κ1) is 14.7. The van der Waals surface area contributed by atoms with Gasteiger partial charge in [-0.25, -0.2) is 0 Å². The lowest BCUT2D eigenvalue weighted by atomic mass is 10.2. The van der Waals surface area contributed by atoms with Crippen molar-refractivity contribution in [3.8, 4) is 0 Å². The van der Waals surface area contributed by atoms with Gasteiger partial charge in [0.2, 0.25) is 0 Å². The normalized spacial score (nSPS) is 13.4. The zero-order valence-corrected chi connectivity index (χ0v) is 13.8. The molecule has 1 aliphatic carbocycles. The summed E-state index contributed by atoms with van der Waals surface area (Å²) in [5.41, 5.74) is 2.55. The Hall–Kier alpha value is -1.24. The average Bonchev–Trinajstić information content (AvgIpc) is 3.01. The number of nitro benzene ring substituents is 1. The highest BCUT2D eigenvalue weighted by Gasteiger charge is 2.15. The van der Waals surface area contributed by atoms with E-state index in [0.717, 1.165) is 12.1 Å². The van der Waals surface area contributed by atoms with Crippen LogP contribution in [-0.2, 0) is 25.9 Å². The smallest absolute Gasteiger partial charge is 0.283 e. The van der Waals surface area contributed by atoms with E-state index in [-0.39, 0.29) is 10.6 Å². The standard InChI is InChI=1S/C15H15BrN2O2S/c16-13-5-4-10(6-14(13)18(19)20)8-17-9-12-7-11-2-1-3-15(11)21-12/h4-7,17H,1-3,8-9H2. The number of fused-ring (bicyclic) bond motifs is 1. The SMILES string of the molecule is O=[N+]([O-])c1cc(CNCc2cc3c(s2)CCC3)ccc1Br. The predicted molar refractivity (Wildman–Crippen MR) is 87.7 cm³/mol. The molecule has 1 aromatic carbocycles. The highest BCUT2D eigenvalue weighted by atomic mass is 79.9. The van der Waals surface area contributed by atoms with Gasteiger partial charge in [-0.3, -0.25) is 10.1 Å². The van der Waals surface area contributed by atoms with Gasteiger partial charge in [-0.1, -0.05) is 6.07 Å². The molecule has 21 heavy (non-hydrogen) atoms. The van der Waals surface area contributed by atoms with E-state index in [4.69, 9.17) is 0 Å². The number of rotatable bonds is 5. The molecule has 0 bridgehead atoms. The number of benzene rings is 1. The summed E-state index contributed by atoms with van der Waals surface area (Å²) in [7, 11) is 0. The third kappa shape index (κ3) is 3.33. The third-order valence-corrected chi connectivity index (χ3v) is 5.54. The van der Waals surface area contributed by atoms with Crippen LogP contribution in [0.5, 0.6) is 0 Å². The van der Waals surface area contributed by atoms with Gasteiger partial charge in [0, 0.05) is 28.9 Å². The van der Waals surface area contributed by atoms with E-state index in [1.165, 1.54) is 34.6 Å². The van der Waals surface area contributed by atoms with E-state index in [1.54, 1.807) is 12.1 Å². The molecule has 0 atom stereocenters. The second-order valence-corrected chi connectivity index (χ2v) is 7.24. The average molecular weight is 367 g/mol. The van der Waals surface area contributed by atoms with E-state index in [2.05, 4.69) is 27.3 Å². The molecule has 110 valence electrons. The van der Waals surface area contributed by atoms with Crippen molar-refractivity contribution in [2.75, 3.05) is 0 Å². The van der Waals surface area contributed by atoms with E-state index < -0.39 is 0 Å². The summed E-state index contributed by atoms with van der Waals surface area (Å²) in [5.74, 6) is 0. The Morgan fingerprint density at radius 1 is 1.29 bits per heavy atom. The molecule has 0 radical (unpaired) electrons. The highest BCUT2D eigenvalue weighted by Crippen LogP contribution is 2.30. The highest BCUT2D eigenvalue weighted by molar-refractivity contribution is 9.10. The number of nitro groups is 1. The molecule has 1 N–H and O–H groups in total. The number of aryl methyl sites for hydroxylation is 2. The number of halogens is 1. The van der Waals surface area contributed by atoms with Gasteiger partial charge in [0.05, 0.1) is 9.40 Å². The molecule has 4 nitrogen and oxygen atoms in total. The van der Waals surface area contributed by atoms with Crippen LogP contribution >= 0.6 is 27.3 Å². The van der Waals surface area contributed by atoms with Crippen LogP contribution in [0, 0.1) is 10.1 Å². The van der Waals surface area contributed by atoms with Crippen LogP contribution < -0.4 is 5.32 Å². The molecular weight excluding hydrogens is 352 g/mol. The first-order valence-corrected chi connectivity index (χ1v) is 8.48. The van der Waals surface area contributed by atoms with Crippen LogP contribution in [0.1, 0.15) is 27.3 Å². The zero-order valence-electron chi connectivity index (χ0n) is 11.4. The molecule has 0 unspecified atom stereocenters. The van der Waals surface area contributed by atoms with Gasteiger partial charge >= 0.3 is 0 Å². The molecule has 0 spiro atoms. The minimum Gasteiger partial charge on any atom is -0.308 e. The van der Waals surface area contributed by atoms with Gasteiger partial charge in [0.1, 0.15) is 0 Å². The molecule has 0 saturated carbocycles. The lowest BCUT2D eigenvalue weighted by Crippen LogP contribution is -2.12. The van der Waals surface area contributed by atoms with Crippen molar-refractivity contribution >= 4 is 33.0 Å². The van der Waals surface area contributed by atoms with Crippen LogP contribution in [0.4, 0.5) is 5.69 Å². The molecular formula is C15H15BrN2O2S. The fraction of sp³-hybridized carbons (Fsp3) is 0.333. The Labute approximate surface area is 135 Å². The summed E-state index contributed by atoms with van der Waals surface area (Å²) >= 11 is 5.09. The summed E-state index contributed by atoms with van der Waals surface area (Å²) in [6, 6.07) is 7.54. The van der Waals surface area contributed by atoms with Crippen LogP contribution in [0.25, 0.3) is 0 Å². The van der Waals surface area contributed by atoms with Crippen molar-refractivity contribution in [2.45, 2.75) is 32.4 Å². The Morgan fingerprint density at radius 2 is 2.14 bits per heavy atom. The van der Waals surface area contributed by atoms with Gasteiger partial charge < -0.3 is 5.32 Å². The summed E-state index contributed by atoms with van der Waals surface area (Å²) in [6.45, 7) is 1.46. The van der Waals surface area contributed by atoms with Crippen LogP contribution in [0.3, 0.4) is 0 Å². The molecule has 0 saturated heterocycles. The quantitative estimate of drug-likeness (QED) is 0.637. The number of nitrogens with zero attached hydrogens (tertiary/aromatic N) is 1. The fourth-order valence-corrected chi connectivity index (χ4v) is 4.24. The lowest BCUT2D eigenvalue weighted by molar-refractivity contribution is -0.385. The lowest BCUT2D eigenvalue weighted by Gasteiger charge is -2.04. The van der Waals surface area contributed by atoms with E-state index in [1.807, 2.05) is 17.4 Å². The topological polar surface area (TPSA) is 55.2 Å². The van der Waals surface area contributed by atoms with E-state index >= 15 is 0 Å². The number of hydrogen-bond acceptors (Lipinski definition) is 4. The van der Waals surface area contributed by atoms with Crippen molar-refractivity contribution in [2.24, 2.45) is 0 Å². The van der Waals surface area contributed by atoms with Crippen molar-refractivity contribution < 1.29 is 4.92 Å². The maximum atomic E-state index is 10.9. The fourth-order valence-electron chi connectivity index (χ4n) is 2.62. The molecule has 6 heteroatoms. The predicted octanol–water partition coefficient (Wildman–Crippen LogP) is 4.20. The summed E-state index contributed by atoms with van der Waals surface area (Å²) in [4.78, 5) is 13.4. The number of thiophene rings is 1. The first-order valence-electron chi connectivity index (χ1n) is 6.87. The Kier molecular flexibility index (Phi) is 4.37. The van der Waals surface area contributed by atoms with Gasteiger partial charge in [-0.2, -0.15) is 0 Å². The van der Waals surface area contributed by atoms with Crippen molar-refractivity contribution in [1.82, 2.24) is 5.32 Å². The Morgan fingerprint density at radius 3 is 2.90 bits per heavy atom. The second-order valence-electron chi connectivity index (χ2n) is 5.16. The molecule has 1 heterocycles. The van der Waals surface area contributed by atoms with Crippen LogP contribution in [-0.4, -0.2) is 4.92 Å². The number of nitrogens with one attached hydrogen (secondary N) is 1. The van der Waals surface area contributed by atoms with Crippen molar-refractivity contribution in [3.63, 3.8) is 0 Å². The maximum absolute atomic E-state index is 10.9. The number of hydrogen-bond donors (Lipinski definition) is 1. The first-order chi connectivity index (χ1) is 10.1. The van der Waals surface area contributed by atoms with Crippen molar-refractivity contribution in [1.29, 1.82) is 0 Å². The van der Waals surface area contributed by atoms with E-state index in [9.17, 15) is 10.1 Å². The van der Waals surface area contributed by atoms with Crippen LogP contribution in [0.2, 0.25) is 0 Å². The van der Waals surface area contributed by atoms with Gasteiger partial charge in [-0.05, 0) is 58.5 Å². The molecule has 0 aliphatic heterocycles. The van der Waals surface area contributed by atoms with Gasteiger partial charge in [0.25, 0.3) is 5.69 Å². The van der Waals surface area contributed by atoms with Gasteiger partial charge in [0.15, 0.2) is 0 Å².